The van der Waals surface area contributed by atoms with Gasteiger partial charge in [-0.3, -0.25) is 0 Å². The lowest BCUT2D eigenvalue weighted by Crippen LogP contribution is -2.09. The van der Waals surface area contributed by atoms with Gasteiger partial charge in [0.2, 0.25) is 0 Å². The minimum atomic E-state index is -0.0724. The number of ether oxygens (including phenoxy) is 1. The molecule has 4 heteroatoms. The SMILES string of the molecule is CC(N)c1ccc(Br)cc1OCCO. The molecule has 3 N–H and O–H groups in total. The van der Waals surface area contributed by atoms with Crippen molar-refractivity contribution in [3.8, 4) is 5.75 Å². The first-order valence-electron chi connectivity index (χ1n) is 4.44. The third-order valence-electron chi connectivity index (χ3n) is 1.82. The second-order valence-corrected chi connectivity index (χ2v) is 3.96. The summed E-state index contributed by atoms with van der Waals surface area (Å²) in [6.45, 7) is 2.19. The Kier molecular flexibility index (Phi) is 4.38. The lowest BCUT2D eigenvalue weighted by molar-refractivity contribution is 0.200. The molecule has 0 radical (unpaired) electrons. The Labute approximate surface area is 92.0 Å². The number of aliphatic hydroxyl groups excluding tert-OH is 1. The van der Waals surface area contributed by atoms with Crippen molar-refractivity contribution >= 4 is 15.9 Å². The summed E-state index contributed by atoms with van der Waals surface area (Å²) in [5.41, 5.74) is 6.72. The van der Waals surface area contributed by atoms with Gasteiger partial charge in [-0.25, -0.2) is 0 Å². The van der Waals surface area contributed by atoms with E-state index in [1.54, 1.807) is 0 Å². The zero-order valence-electron chi connectivity index (χ0n) is 8.03. The minimum Gasteiger partial charge on any atom is -0.491 e. The van der Waals surface area contributed by atoms with Crippen LogP contribution in [0.5, 0.6) is 5.75 Å². The topological polar surface area (TPSA) is 55.5 Å². The highest BCUT2D eigenvalue weighted by molar-refractivity contribution is 9.10. The van der Waals surface area contributed by atoms with Crippen LogP contribution in [0.4, 0.5) is 0 Å². The van der Waals surface area contributed by atoms with E-state index in [1.807, 2.05) is 25.1 Å². The smallest absolute Gasteiger partial charge is 0.125 e. The maximum absolute atomic E-state index is 8.66. The highest BCUT2D eigenvalue weighted by Crippen LogP contribution is 2.27. The third kappa shape index (κ3) is 2.97. The second-order valence-electron chi connectivity index (χ2n) is 3.04. The Morgan fingerprint density at radius 3 is 2.86 bits per heavy atom. The molecule has 0 bridgehead atoms. The van der Waals surface area contributed by atoms with Crippen LogP contribution in [0.15, 0.2) is 22.7 Å². The Balaban J connectivity index is 2.91. The molecule has 0 aliphatic heterocycles. The average molecular weight is 260 g/mol. The molecule has 0 fully saturated rings. The number of aliphatic hydroxyl groups is 1. The molecule has 0 spiro atoms. The molecule has 1 aromatic carbocycles. The summed E-state index contributed by atoms with van der Waals surface area (Å²) in [5.74, 6) is 0.725. The van der Waals surface area contributed by atoms with Gasteiger partial charge in [-0.15, -0.1) is 0 Å². The maximum Gasteiger partial charge on any atom is 0.125 e. The first-order valence-corrected chi connectivity index (χ1v) is 5.23. The van der Waals surface area contributed by atoms with Crippen molar-refractivity contribution in [2.24, 2.45) is 5.73 Å². The van der Waals surface area contributed by atoms with Gasteiger partial charge in [-0.1, -0.05) is 22.0 Å². The molecule has 0 aromatic heterocycles. The predicted octanol–water partition coefficient (Wildman–Crippen LogP) is 1.84. The van der Waals surface area contributed by atoms with Crippen molar-refractivity contribution in [2.75, 3.05) is 13.2 Å². The summed E-state index contributed by atoms with van der Waals surface area (Å²) in [5, 5.41) is 8.66. The molecule has 1 rings (SSSR count). The van der Waals surface area contributed by atoms with Crippen LogP contribution in [0.3, 0.4) is 0 Å². The molecule has 1 atom stereocenters. The van der Waals surface area contributed by atoms with Gasteiger partial charge in [0, 0.05) is 16.1 Å². The van der Waals surface area contributed by atoms with Crippen LogP contribution in [0.2, 0.25) is 0 Å². The fraction of sp³-hybridized carbons (Fsp3) is 0.400. The van der Waals surface area contributed by atoms with Gasteiger partial charge in [-0.05, 0) is 19.1 Å². The van der Waals surface area contributed by atoms with E-state index in [-0.39, 0.29) is 19.3 Å². The number of hydrogen-bond donors (Lipinski definition) is 2. The molecule has 1 aromatic rings. The van der Waals surface area contributed by atoms with Crippen LogP contribution in [0, 0.1) is 0 Å². The van der Waals surface area contributed by atoms with Crippen molar-refractivity contribution in [1.82, 2.24) is 0 Å². The van der Waals surface area contributed by atoms with Gasteiger partial charge in [0.05, 0.1) is 6.61 Å². The van der Waals surface area contributed by atoms with Gasteiger partial charge in [0.1, 0.15) is 12.4 Å². The van der Waals surface area contributed by atoms with Crippen molar-refractivity contribution in [3.05, 3.63) is 28.2 Å². The zero-order valence-corrected chi connectivity index (χ0v) is 9.62. The van der Waals surface area contributed by atoms with Crippen molar-refractivity contribution in [1.29, 1.82) is 0 Å². The summed E-state index contributed by atoms with van der Waals surface area (Å²) in [6.07, 6.45) is 0. The van der Waals surface area contributed by atoms with E-state index in [9.17, 15) is 0 Å². The Bertz CT molecular complexity index is 302. The number of rotatable bonds is 4. The Morgan fingerprint density at radius 2 is 2.29 bits per heavy atom. The molecule has 0 aliphatic rings. The monoisotopic (exact) mass is 259 g/mol. The zero-order chi connectivity index (χ0) is 10.6. The van der Waals surface area contributed by atoms with E-state index in [2.05, 4.69) is 15.9 Å². The molecule has 78 valence electrons. The third-order valence-corrected chi connectivity index (χ3v) is 2.31. The quantitative estimate of drug-likeness (QED) is 0.868. The average Bonchev–Trinajstić information content (AvgIpc) is 2.14. The molecule has 0 saturated carbocycles. The van der Waals surface area contributed by atoms with Crippen molar-refractivity contribution in [3.63, 3.8) is 0 Å². The van der Waals surface area contributed by atoms with E-state index in [0.717, 1.165) is 15.8 Å². The predicted molar refractivity (Wildman–Crippen MR) is 59.3 cm³/mol. The van der Waals surface area contributed by atoms with Gasteiger partial charge in [0.15, 0.2) is 0 Å². The first kappa shape index (κ1) is 11.5. The van der Waals surface area contributed by atoms with Crippen LogP contribution in [0.1, 0.15) is 18.5 Å². The van der Waals surface area contributed by atoms with Gasteiger partial charge in [0.25, 0.3) is 0 Å². The molecular weight excluding hydrogens is 246 g/mol. The summed E-state index contributed by atoms with van der Waals surface area (Å²) in [6, 6.07) is 5.62. The maximum atomic E-state index is 8.66. The fourth-order valence-corrected chi connectivity index (χ4v) is 1.51. The number of halogens is 1. The van der Waals surface area contributed by atoms with Crippen LogP contribution < -0.4 is 10.5 Å². The van der Waals surface area contributed by atoms with Gasteiger partial charge in [-0.2, -0.15) is 0 Å². The summed E-state index contributed by atoms with van der Waals surface area (Å²) >= 11 is 3.35. The lowest BCUT2D eigenvalue weighted by Gasteiger charge is -2.13. The summed E-state index contributed by atoms with van der Waals surface area (Å²) in [4.78, 5) is 0. The lowest BCUT2D eigenvalue weighted by atomic mass is 10.1. The number of benzene rings is 1. The molecule has 3 nitrogen and oxygen atoms in total. The largest absolute Gasteiger partial charge is 0.491 e. The van der Waals surface area contributed by atoms with E-state index in [0.29, 0.717) is 0 Å². The minimum absolute atomic E-state index is 0.00487. The van der Waals surface area contributed by atoms with Crippen LogP contribution >= 0.6 is 15.9 Å². The highest BCUT2D eigenvalue weighted by Gasteiger charge is 2.08. The van der Waals surface area contributed by atoms with Crippen LogP contribution in [0.25, 0.3) is 0 Å². The van der Waals surface area contributed by atoms with Crippen LogP contribution in [-0.2, 0) is 0 Å². The van der Waals surface area contributed by atoms with Gasteiger partial charge < -0.3 is 15.6 Å². The highest BCUT2D eigenvalue weighted by atomic mass is 79.9. The summed E-state index contributed by atoms with van der Waals surface area (Å²) in [7, 11) is 0. The molecule has 0 heterocycles. The Morgan fingerprint density at radius 1 is 1.57 bits per heavy atom. The number of nitrogens with two attached hydrogens (primary N) is 1. The van der Waals surface area contributed by atoms with Crippen molar-refractivity contribution < 1.29 is 9.84 Å². The fourth-order valence-electron chi connectivity index (χ4n) is 1.16. The molecule has 0 aliphatic carbocycles. The van der Waals surface area contributed by atoms with E-state index in [1.165, 1.54) is 0 Å². The normalized spacial score (nSPS) is 12.6. The molecular formula is C10H14BrNO2. The number of hydrogen-bond acceptors (Lipinski definition) is 3. The van der Waals surface area contributed by atoms with Crippen LogP contribution in [-0.4, -0.2) is 18.3 Å². The standard InChI is InChI=1S/C10H14BrNO2/c1-7(12)9-3-2-8(11)6-10(9)14-5-4-13/h2-3,6-7,13H,4-5,12H2,1H3. The first-order chi connectivity index (χ1) is 6.65. The molecule has 14 heavy (non-hydrogen) atoms. The van der Waals surface area contributed by atoms with E-state index in [4.69, 9.17) is 15.6 Å². The molecule has 0 amide bonds. The van der Waals surface area contributed by atoms with Gasteiger partial charge >= 0.3 is 0 Å². The second kappa shape index (κ2) is 5.34. The van der Waals surface area contributed by atoms with E-state index < -0.39 is 0 Å². The molecule has 1 unspecified atom stereocenters. The summed E-state index contributed by atoms with van der Waals surface area (Å²) < 4.78 is 6.31. The van der Waals surface area contributed by atoms with Crippen molar-refractivity contribution in [2.45, 2.75) is 13.0 Å². The Hall–Kier alpha value is -0.580. The molecule has 0 saturated heterocycles. The van der Waals surface area contributed by atoms with E-state index >= 15 is 0 Å².